The zero-order valence-electron chi connectivity index (χ0n) is 8.30. The predicted molar refractivity (Wildman–Crippen MR) is 53.4 cm³/mol. The smallest absolute Gasteiger partial charge is 0.254 e. The average molecular weight is 204 g/mol. The number of carbonyl (C=O) groups excluding carboxylic acids is 1. The number of ether oxygens (including phenoxy) is 1. The molecular weight excluding hydrogens is 192 g/mol. The molecule has 4 nitrogen and oxygen atoms in total. The molecule has 0 aliphatic carbocycles. The van der Waals surface area contributed by atoms with E-state index < -0.39 is 0 Å². The molecule has 3 rings (SSSR count). The Kier molecular flexibility index (Phi) is 1.95. The van der Waals surface area contributed by atoms with Gasteiger partial charge in [-0.3, -0.25) is 9.78 Å². The third-order valence-electron chi connectivity index (χ3n) is 2.99. The van der Waals surface area contributed by atoms with Crippen LogP contribution in [-0.4, -0.2) is 41.1 Å². The van der Waals surface area contributed by atoms with E-state index >= 15 is 0 Å². The SMILES string of the molecule is O=C(c1ccncc1)N1CC[C@@H]2O[C@@H]2C1. The fourth-order valence-corrected chi connectivity index (χ4v) is 2.05. The van der Waals surface area contributed by atoms with E-state index in [-0.39, 0.29) is 5.91 Å². The maximum absolute atomic E-state index is 12.0. The largest absolute Gasteiger partial charge is 0.368 e. The standard InChI is InChI=1S/C11H12N2O2/c14-11(8-1-4-12-5-2-8)13-6-3-9-10(7-13)15-9/h1-2,4-5,9-10H,3,6-7H2/t9-,10+/m0/s1. The van der Waals surface area contributed by atoms with Crippen LogP contribution in [0.4, 0.5) is 0 Å². The highest BCUT2D eigenvalue weighted by Gasteiger charge is 2.44. The second-order valence-corrected chi connectivity index (χ2v) is 3.99. The summed E-state index contributed by atoms with van der Waals surface area (Å²) in [6.45, 7) is 1.55. The summed E-state index contributed by atoms with van der Waals surface area (Å²) in [5.74, 6) is 0.0892. The van der Waals surface area contributed by atoms with Crippen LogP contribution >= 0.6 is 0 Å². The minimum atomic E-state index is 0.0892. The number of hydrogen-bond donors (Lipinski definition) is 0. The molecule has 0 aromatic carbocycles. The van der Waals surface area contributed by atoms with E-state index in [0.29, 0.717) is 17.8 Å². The molecule has 4 heteroatoms. The van der Waals surface area contributed by atoms with Gasteiger partial charge in [-0.1, -0.05) is 0 Å². The van der Waals surface area contributed by atoms with Crippen LogP contribution in [0, 0.1) is 0 Å². The van der Waals surface area contributed by atoms with Gasteiger partial charge in [-0.05, 0) is 18.6 Å². The molecular formula is C11H12N2O2. The second kappa shape index (κ2) is 3.31. The van der Waals surface area contributed by atoms with Crippen LogP contribution in [0.25, 0.3) is 0 Å². The molecule has 78 valence electrons. The van der Waals surface area contributed by atoms with Gasteiger partial charge in [0.2, 0.25) is 0 Å². The maximum atomic E-state index is 12.0. The first-order valence-corrected chi connectivity index (χ1v) is 5.19. The van der Waals surface area contributed by atoms with E-state index in [0.717, 1.165) is 19.5 Å². The van der Waals surface area contributed by atoms with Crippen LogP contribution in [0.3, 0.4) is 0 Å². The maximum Gasteiger partial charge on any atom is 0.254 e. The first kappa shape index (κ1) is 8.85. The lowest BCUT2D eigenvalue weighted by Crippen LogP contribution is -2.39. The van der Waals surface area contributed by atoms with Gasteiger partial charge in [0.05, 0.1) is 6.10 Å². The van der Waals surface area contributed by atoms with Crippen LogP contribution in [0.5, 0.6) is 0 Å². The number of epoxide rings is 1. The summed E-state index contributed by atoms with van der Waals surface area (Å²) >= 11 is 0. The van der Waals surface area contributed by atoms with Crippen LogP contribution in [0.1, 0.15) is 16.8 Å². The molecule has 1 aromatic rings. The van der Waals surface area contributed by atoms with Crippen LogP contribution < -0.4 is 0 Å². The second-order valence-electron chi connectivity index (χ2n) is 3.99. The van der Waals surface area contributed by atoms with E-state index in [1.807, 2.05) is 4.90 Å². The first-order chi connectivity index (χ1) is 7.34. The molecule has 0 unspecified atom stereocenters. The van der Waals surface area contributed by atoms with Crippen LogP contribution in [0.15, 0.2) is 24.5 Å². The van der Waals surface area contributed by atoms with Gasteiger partial charge in [0.15, 0.2) is 0 Å². The molecule has 2 saturated heterocycles. The topological polar surface area (TPSA) is 45.7 Å². The lowest BCUT2D eigenvalue weighted by atomic mass is 10.1. The van der Waals surface area contributed by atoms with Crippen molar-refractivity contribution in [2.75, 3.05) is 13.1 Å². The van der Waals surface area contributed by atoms with Crippen molar-refractivity contribution in [3.05, 3.63) is 30.1 Å². The monoisotopic (exact) mass is 204 g/mol. The van der Waals surface area contributed by atoms with Gasteiger partial charge in [0.25, 0.3) is 5.91 Å². The molecule has 0 spiro atoms. The van der Waals surface area contributed by atoms with Crippen molar-refractivity contribution in [3.8, 4) is 0 Å². The minimum absolute atomic E-state index is 0.0892. The van der Waals surface area contributed by atoms with Crippen LogP contribution in [0.2, 0.25) is 0 Å². The number of carbonyl (C=O) groups is 1. The summed E-state index contributed by atoms with van der Waals surface area (Å²) in [4.78, 5) is 17.8. The summed E-state index contributed by atoms with van der Waals surface area (Å²) in [5.41, 5.74) is 0.712. The number of rotatable bonds is 1. The Hall–Kier alpha value is -1.42. The number of likely N-dealkylation sites (tertiary alicyclic amines) is 1. The van der Waals surface area contributed by atoms with Gasteiger partial charge in [0, 0.05) is 31.0 Å². The molecule has 0 N–H and O–H groups in total. The first-order valence-electron chi connectivity index (χ1n) is 5.19. The molecule has 3 heterocycles. The van der Waals surface area contributed by atoms with Crippen molar-refractivity contribution in [2.45, 2.75) is 18.6 Å². The highest BCUT2D eigenvalue weighted by molar-refractivity contribution is 5.94. The summed E-state index contributed by atoms with van der Waals surface area (Å²) < 4.78 is 5.39. The number of amides is 1. The normalized spacial score (nSPS) is 28.4. The average Bonchev–Trinajstić information content (AvgIpc) is 3.07. The lowest BCUT2D eigenvalue weighted by molar-refractivity contribution is 0.0736. The molecule has 1 amide bonds. The van der Waals surface area contributed by atoms with E-state index in [1.54, 1.807) is 24.5 Å². The van der Waals surface area contributed by atoms with Crippen molar-refractivity contribution in [1.29, 1.82) is 0 Å². The molecule has 0 saturated carbocycles. The van der Waals surface area contributed by atoms with E-state index in [9.17, 15) is 4.79 Å². The van der Waals surface area contributed by atoms with Gasteiger partial charge in [-0.25, -0.2) is 0 Å². The summed E-state index contributed by atoms with van der Waals surface area (Å²) in [6, 6.07) is 3.50. The lowest BCUT2D eigenvalue weighted by Gasteiger charge is -2.24. The minimum Gasteiger partial charge on any atom is -0.368 e. The molecule has 0 radical (unpaired) electrons. The van der Waals surface area contributed by atoms with Gasteiger partial charge < -0.3 is 9.64 Å². The zero-order valence-corrected chi connectivity index (χ0v) is 8.30. The van der Waals surface area contributed by atoms with Crippen molar-refractivity contribution >= 4 is 5.91 Å². The third kappa shape index (κ3) is 1.61. The summed E-state index contributed by atoms with van der Waals surface area (Å²) in [6.07, 6.45) is 4.99. The Morgan fingerprint density at radius 3 is 2.93 bits per heavy atom. The van der Waals surface area contributed by atoms with Gasteiger partial charge in [-0.15, -0.1) is 0 Å². The highest BCUT2D eigenvalue weighted by atomic mass is 16.6. The molecule has 15 heavy (non-hydrogen) atoms. The van der Waals surface area contributed by atoms with Gasteiger partial charge in [0.1, 0.15) is 6.10 Å². The van der Waals surface area contributed by atoms with E-state index in [1.165, 1.54) is 0 Å². The fourth-order valence-electron chi connectivity index (χ4n) is 2.05. The van der Waals surface area contributed by atoms with E-state index in [2.05, 4.69) is 4.98 Å². The molecule has 2 atom stereocenters. The number of hydrogen-bond acceptors (Lipinski definition) is 3. The van der Waals surface area contributed by atoms with Crippen molar-refractivity contribution < 1.29 is 9.53 Å². The number of pyridine rings is 1. The third-order valence-corrected chi connectivity index (χ3v) is 2.99. The predicted octanol–water partition coefficient (Wildman–Crippen LogP) is 0.695. The number of piperidine rings is 1. The molecule has 0 bridgehead atoms. The Balaban J connectivity index is 1.74. The summed E-state index contributed by atoms with van der Waals surface area (Å²) in [7, 11) is 0. The Morgan fingerprint density at radius 1 is 1.40 bits per heavy atom. The van der Waals surface area contributed by atoms with Gasteiger partial charge >= 0.3 is 0 Å². The van der Waals surface area contributed by atoms with Crippen LogP contribution in [-0.2, 0) is 4.74 Å². The summed E-state index contributed by atoms with van der Waals surface area (Å²) in [5, 5.41) is 0. The number of fused-ring (bicyclic) bond motifs is 1. The Labute approximate surface area is 87.9 Å². The van der Waals surface area contributed by atoms with Crippen molar-refractivity contribution in [1.82, 2.24) is 9.88 Å². The van der Waals surface area contributed by atoms with Crippen molar-refractivity contribution in [2.24, 2.45) is 0 Å². The Morgan fingerprint density at radius 2 is 2.20 bits per heavy atom. The Bertz CT molecular complexity index is 379. The molecule has 2 aliphatic rings. The highest BCUT2D eigenvalue weighted by Crippen LogP contribution is 2.31. The van der Waals surface area contributed by atoms with E-state index in [4.69, 9.17) is 4.74 Å². The fraction of sp³-hybridized carbons (Fsp3) is 0.455. The number of aromatic nitrogens is 1. The molecule has 1 aromatic heterocycles. The molecule has 2 fully saturated rings. The quantitative estimate of drug-likeness (QED) is 0.632. The number of nitrogens with zero attached hydrogens (tertiary/aromatic N) is 2. The molecule has 2 aliphatic heterocycles. The zero-order chi connectivity index (χ0) is 10.3. The van der Waals surface area contributed by atoms with Crippen molar-refractivity contribution in [3.63, 3.8) is 0 Å². The van der Waals surface area contributed by atoms with Gasteiger partial charge in [-0.2, -0.15) is 0 Å².